The van der Waals surface area contributed by atoms with Crippen LogP contribution in [0, 0.1) is 11.7 Å². The summed E-state index contributed by atoms with van der Waals surface area (Å²) in [6, 6.07) is 7.08. The Balaban J connectivity index is 1.61. The molecule has 1 aromatic carbocycles. The zero-order valence-electron chi connectivity index (χ0n) is 16.4. The van der Waals surface area contributed by atoms with E-state index in [1.807, 2.05) is 18.5 Å². The number of aliphatic hydroxyl groups excluding tert-OH is 1. The van der Waals surface area contributed by atoms with Gasteiger partial charge in [-0.05, 0) is 37.4 Å². The molecule has 0 saturated carbocycles. The second-order valence-electron chi connectivity index (χ2n) is 7.86. The van der Waals surface area contributed by atoms with Gasteiger partial charge in [0, 0.05) is 50.6 Å². The predicted octanol–water partition coefficient (Wildman–Crippen LogP) is 2.93. The highest BCUT2D eigenvalue weighted by atomic mass is 19.1. The quantitative estimate of drug-likeness (QED) is 0.772. The minimum absolute atomic E-state index is 0.224. The van der Waals surface area contributed by atoms with Crippen LogP contribution in [0.1, 0.15) is 32.3 Å². The molecule has 0 unspecified atom stereocenters. The summed E-state index contributed by atoms with van der Waals surface area (Å²) in [5.74, 6) is 0.427. The zero-order valence-corrected chi connectivity index (χ0v) is 16.4. The molecule has 1 saturated heterocycles. The van der Waals surface area contributed by atoms with Crippen LogP contribution in [-0.4, -0.2) is 63.5 Å². The Morgan fingerprint density at radius 2 is 2.07 bits per heavy atom. The number of aliphatic hydroxyl groups is 1. The van der Waals surface area contributed by atoms with Crippen molar-refractivity contribution in [2.45, 2.75) is 39.3 Å². The van der Waals surface area contributed by atoms with Crippen molar-refractivity contribution in [3.8, 4) is 5.69 Å². The summed E-state index contributed by atoms with van der Waals surface area (Å²) in [6.07, 6.45) is 5.73. The molecule has 1 atom stereocenters. The van der Waals surface area contributed by atoms with Crippen LogP contribution in [-0.2, 0) is 6.54 Å². The topological polar surface area (TPSA) is 44.5 Å². The van der Waals surface area contributed by atoms with Crippen LogP contribution >= 0.6 is 0 Å². The molecule has 6 heteroatoms. The first kappa shape index (κ1) is 20.0. The minimum Gasteiger partial charge on any atom is -0.396 e. The number of hydrogen-bond acceptors (Lipinski definition) is 4. The molecule has 1 fully saturated rings. The lowest BCUT2D eigenvalue weighted by Crippen LogP contribution is -2.53. The number of para-hydroxylation sites is 1. The van der Waals surface area contributed by atoms with E-state index in [9.17, 15) is 9.50 Å². The maximum atomic E-state index is 14.0. The summed E-state index contributed by atoms with van der Waals surface area (Å²) in [5.41, 5.74) is 1.55. The molecule has 0 radical (unpaired) electrons. The molecule has 0 bridgehead atoms. The Morgan fingerprint density at radius 1 is 1.26 bits per heavy atom. The van der Waals surface area contributed by atoms with Crippen LogP contribution < -0.4 is 0 Å². The highest BCUT2D eigenvalue weighted by molar-refractivity contribution is 5.32. The van der Waals surface area contributed by atoms with Gasteiger partial charge in [0.25, 0.3) is 0 Å². The normalized spacial score (nSPS) is 19.1. The van der Waals surface area contributed by atoms with Crippen molar-refractivity contribution in [2.24, 2.45) is 5.92 Å². The second-order valence-corrected chi connectivity index (χ2v) is 7.86. The highest BCUT2D eigenvalue weighted by Crippen LogP contribution is 2.18. The molecule has 5 nitrogen and oxygen atoms in total. The molecular weight excluding hydrogens is 343 g/mol. The molecule has 1 N–H and O–H groups in total. The van der Waals surface area contributed by atoms with Gasteiger partial charge in [-0.3, -0.25) is 9.80 Å². The van der Waals surface area contributed by atoms with Crippen molar-refractivity contribution in [1.82, 2.24) is 19.6 Å². The summed E-state index contributed by atoms with van der Waals surface area (Å²) in [6.45, 7) is 9.61. The third kappa shape index (κ3) is 5.37. The summed E-state index contributed by atoms with van der Waals surface area (Å²) in [5, 5.41) is 13.8. The first-order chi connectivity index (χ1) is 13.1. The lowest BCUT2D eigenvalue weighted by Gasteiger charge is -2.41. The van der Waals surface area contributed by atoms with E-state index in [0.717, 1.165) is 44.7 Å². The fourth-order valence-electron chi connectivity index (χ4n) is 3.71. The third-order valence-electron chi connectivity index (χ3n) is 5.29. The number of benzene rings is 1. The molecule has 1 aliphatic heterocycles. The van der Waals surface area contributed by atoms with Crippen LogP contribution in [0.25, 0.3) is 5.69 Å². The van der Waals surface area contributed by atoms with E-state index in [0.29, 0.717) is 17.6 Å². The van der Waals surface area contributed by atoms with Crippen molar-refractivity contribution >= 4 is 0 Å². The van der Waals surface area contributed by atoms with Crippen LogP contribution in [0.3, 0.4) is 0 Å². The van der Waals surface area contributed by atoms with E-state index in [1.165, 1.54) is 12.5 Å². The van der Waals surface area contributed by atoms with Crippen LogP contribution in [0.15, 0.2) is 36.7 Å². The van der Waals surface area contributed by atoms with E-state index in [2.05, 4.69) is 28.7 Å². The first-order valence-corrected chi connectivity index (χ1v) is 9.92. The van der Waals surface area contributed by atoms with Crippen molar-refractivity contribution in [3.05, 3.63) is 48.0 Å². The Hall–Kier alpha value is -1.76. The van der Waals surface area contributed by atoms with Gasteiger partial charge in [-0.1, -0.05) is 26.0 Å². The molecule has 2 aromatic rings. The number of rotatable bonds is 8. The molecule has 0 aliphatic carbocycles. The van der Waals surface area contributed by atoms with E-state index < -0.39 is 0 Å². The summed E-state index contributed by atoms with van der Waals surface area (Å²) < 4.78 is 15.6. The van der Waals surface area contributed by atoms with Crippen molar-refractivity contribution in [3.63, 3.8) is 0 Å². The SMILES string of the molecule is CC(C)CCN1CCN(Cc2cnn(-c3ccccc3F)c2)C[C@@H]1CCO. The Morgan fingerprint density at radius 3 is 2.81 bits per heavy atom. The molecule has 3 rings (SSSR count). The summed E-state index contributed by atoms with van der Waals surface area (Å²) >= 11 is 0. The molecule has 0 spiro atoms. The van der Waals surface area contributed by atoms with Gasteiger partial charge in [0.1, 0.15) is 11.5 Å². The Kier molecular flexibility index (Phi) is 6.99. The average molecular weight is 375 g/mol. The Bertz CT molecular complexity index is 718. The minimum atomic E-state index is -0.270. The molecule has 0 amide bonds. The number of halogens is 1. The second kappa shape index (κ2) is 9.44. The van der Waals surface area contributed by atoms with Crippen molar-refractivity contribution in [1.29, 1.82) is 0 Å². The van der Waals surface area contributed by atoms with Gasteiger partial charge in [-0.2, -0.15) is 5.10 Å². The molecule has 148 valence electrons. The number of hydrogen-bond donors (Lipinski definition) is 1. The summed E-state index contributed by atoms with van der Waals surface area (Å²) in [7, 11) is 0. The number of piperazine rings is 1. The first-order valence-electron chi connectivity index (χ1n) is 9.92. The van der Waals surface area contributed by atoms with Gasteiger partial charge in [-0.15, -0.1) is 0 Å². The number of nitrogens with zero attached hydrogens (tertiary/aromatic N) is 4. The molecular formula is C21H31FN4O. The Labute approximate surface area is 161 Å². The molecule has 27 heavy (non-hydrogen) atoms. The van der Waals surface area contributed by atoms with Gasteiger partial charge in [0.2, 0.25) is 0 Å². The van der Waals surface area contributed by atoms with Gasteiger partial charge >= 0.3 is 0 Å². The van der Waals surface area contributed by atoms with Crippen molar-refractivity contribution < 1.29 is 9.50 Å². The maximum absolute atomic E-state index is 14.0. The number of aromatic nitrogens is 2. The van der Waals surface area contributed by atoms with Crippen molar-refractivity contribution in [2.75, 3.05) is 32.8 Å². The van der Waals surface area contributed by atoms with E-state index >= 15 is 0 Å². The van der Waals surface area contributed by atoms with Gasteiger partial charge in [0.05, 0.1) is 6.20 Å². The van der Waals surface area contributed by atoms with Crippen LogP contribution in [0.2, 0.25) is 0 Å². The lowest BCUT2D eigenvalue weighted by atomic mass is 10.1. The predicted molar refractivity (Wildman–Crippen MR) is 105 cm³/mol. The molecule has 1 aromatic heterocycles. The van der Waals surface area contributed by atoms with Crippen LogP contribution in [0.5, 0.6) is 0 Å². The highest BCUT2D eigenvalue weighted by Gasteiger charge is 2.26. The van der Waals surface area contributed by atoms with Crippen LogP contribution in [0.4, 0.5) is 4.39 Å². The van der Waals surface area contributed by atoms with Gasteiger partial charge in [0.15, 0.2) is 0 Å². The fraction of sp³-hybridized carbons (Fsp3) is 0.571. The van der Waals surface area contributed by atoms with Gasteiger partial charge in [-0.25, -0.2) is 9.07 Å². The lowest BCUT2D eigenvalue weighted by molar-refractivity contribution is 0.0524. The monoisotopic (exact) mass is 374 g/mol. The smallest absolute Gasteiger partial charge is 0.148 e. The largest absolute Gasteiger partial charge is 0.396 e. The average Bonchev–Trinajstić information content (AvgIpc) is 3.10. The third-order valence-corrected chi connectivity index (χ3v) is 5.29. The standard InChI is InChI=1S/C21H31FN4O/c1-17(2)7-9-25-11-10-24(16-19(25)8-12-27)14-18-13-23-26(15-18)21-6-4-3-5-20(21)22/h3-6,13,15,17,19,27H,7-12,14,16H2,1-2H3/t19-/m0/s1. The van der Waals surface area contributed by atoms with Gasteiger partial charge < -0.3 is 5.11 Å². The molecule has 2 heterocycles. The zero-order chi connectivity index (χ0) is 19.2. The fourth-order valence-corrected chi connectivity index (χ4v) is 3.71. The van der Waals surface area contributed by atoms with E-state index in [-0.39, 0.29) is 12.4 Å². The maximum Gasteiger partial charge on any atom is 0.148 e. The summed E-state index contributed by atoms with van der Waals surface area (Å²) in [4.78, 5) is 4.93. The molecule has 1 aliphatic rings. The van der Waals surface area contributed by atoms with E-state index in [1.54, 1.807) is 16.8 Å². The van der Waals surface area contributed by atoms with E-state index in [4.69, 9.17) is 0 Å².